The zero-order valence-electron chi connectivity index (χ0n) is 18.8. The Balaban J connectivity index is 1.68. The van der Waals surface area contributed by atoms with E-state index in [1.807, 2.05) is 36.0 Å². The maximum absolute atomic E-state index is 9.71. The topological polar surface area (TPSA) is 94.2 Å². The number of nitrogens with one attached hydrogen (secondary N) is 1. The Morgan fingerprint density at radius 3 is 2.68 bits per heavy atom. The van der Waals surface area contributed by atoms with Gasteiger partial charge in [0.2, 0.25) is 0 Å². The summed E-state index contributed by atoms with van der Waals surface area (Å²) in [7, 11) is 5.11. The highest BCUT2D eigenvalue weighted by atomic mass is 35.5. The van der Waals surface area contributed by atoms with Crippen LogP contribution in [0, 0.1) is 11.3 Å². The van der Waals surface area contributed by atoms with Gasteiger partial charge in [-0.3, -0.25) is 4.98 Å². The summed E-state index contributed by atoms with van der Waals surface area (Å²) in [6, 6.07) is 11.4. The van der Waals surface area contributed by atoms with Gasteiger partial charge in [-0.1, -0.05) is 23.4 Å². The third-order valence-electron chi connectivity index (χ3n) is 5.00. The first-order valence-corrected chi connectivity index (χ1v) is 11.5. The Kier molecular flexibility index (Phi) is 7.43. The molecule has 0 unspecified atom stereocenters. The number of aromatic nitrogens is 3. The second kappa shape index (κ2) is 10.7. The number of rotatable bonds is 9. The van der Waals surface area contributed by atoms with E-state index in [0.717, 1.165) is 21.1 Å². The van der Waals surface area contributed by atoms with E-state index < -0.39 is 0 Å². The number of hydrogen-bond donors (Lipinski definition) is 1. The number of nitriles is 1. The molecule has 0 spiro atoms. The van der Waals surface area contributed by atoms with Gasteiger partial charge in [-0.2, -0.15) is 5.26 Å². The zero-order chi connectivity index (χ0) is 24.1. The summed E-state index contributed by atoms with van der Waals surface area (Å²) in [6.07, 6.45) is 5.15. The number of imidazole rings is 1. The normalized spacial score (nSPS) is 10.8. The van der Waals surface area contributed by atoms with Crippen LogP contribution in [0.3, 0.4) is 0 Å². The van der Waals surface area contributed by atoms with Crippen molar-refractivity contribution in [3.05, 3.63) is 59.5 Å². The molecule has 8 nitrogen and oxygen atoms in total. The number of aryl methyl sites for hydroxylation is 1. The first kappa shape index (κ1) is 23.7. The van der Waals surface area contributed by atoms with Crippen molar-refractivity contribution in [2.75, 3.05) is 32.8 Å². The van der Waals surface area contributed by atoms with Crippen molar-refractivity contribution in [1.29, 1.82) is 5.26 Å². The van der Waals surface area contributed by atoms with Crippen molar-refractivity contribution in [3.8, 4) is 17.6 Å². The summed E-state index contributed by atoms with van der Waals surface area (Å²) in [5, 5.41) is 15.2. The van der Waals surface area contributed by atoms with Crippen LogP contribution in [-0.4, -0.2) is 42.0 Å². The molecule has 0 bridgehead atoms. The molecular formula is C24H22ClN5O3S. The second-order valence-corrected chi connectivity index (χ2v) is 8.63. The van der Waals surface area contributed by atoms with Crippen LogP contribution in [-0.2, 0) is 11.8 Å². The fourth-order valence-electron chi connectivity index (χ4n) is 3.28. The van der Waals surface area contributed by atoms with E-state index in [-0.39, 0.29) is 0 Å². The summed E-state index contributed by atoms with van der Waals surface area (Å²) in [4.78, 5) is 9.63. The molecule has 4 rings (SSSR count). The third kappa shape index (κ3) is 5.04. The minimum Gasteiger partial charge on any atom is -0.493 e. The molecule has 0 aliphatic rings. The number of halogens is 1. The lowest BCUT2D eigenvalue weighted by Crippen LogP contribution is -2.05. The van der Waals surface area contributed by atoms with Crippen LogP contribution in [0.25, 0.3) is 10.9 Å². The molecule has 0 aliphatic carbocycles. The summed E-state index contributed by atoms with van der Waals surface area (Å²) in [5.41, 5.74) is 2.39. The first-order valence-electron chi connectivity index (χ1n) is 10.3. The lowest BCUT2D eigenvalue weighted by atomic mass is 10.1. The number of methoxy groups -OCH3 is 2. The van der Waals surface area contributed by atoms with Crippen molar-refractivity contribution >= 4 is 45.6 Å². The molecule has 0 aliphatic heterocycles. The highest BCUT2D eigenvalue weighted by molar-refractivity contribution is 7.99. The fourth-order valence-corrected chi connectivity index (χ4v) is 4.38. The predicted molar refractivity (Wildman–Crippen MR) is 132 cm³/mol. The number of benzene rings is 2. The summed E-state index contributed by atoms with van der Waals surface area (Å²) >= 11 is 8.04. The van der Waals surface area contributed by atoms with E-state index in [0.29, 0.717) is 46.5 Å². The molecule has 2 aromatic carbocycles. The average Bonchev–Trinajstić information content (AvgIpc) is 3.25. The molecule has 0 saturated carbocycles. The number of nitrogens with zero attached hydrogens (tertiary/aromatic N) is 4. The van der Waals surface area contributed by atoms with Gasteiger partial charge < -0.3 is 24.1 Å². The van der Waals surface area contributed by atoms with Gasteiger partial charge in [-0.05, 0) is 24.3 Å². The van der Waals surface area contributed by atoms with Crippen LogP contribution in [0.4, 0.5) is 11.4 Å². The Labute approximate surface area is 206 Å². The lowest BCUT2D eigenvalue weighted by Gasteiger charge is -2.16. The standard InChI is InChI=1S/C24H22ClN5O3S/c1-30-7-6-27-24(30)34-22-5-4-16(10-18(22)25)29-23-15(13-26)14-28-19-12-21(33-9-8-31-2)20(32-3)11-17(19)23/h4-7,10-12,14H,8-9H2,1-3H3,(H,28,29). The van der Waals surface area contributed by atoms with Gasteiger partial charge in [0.1, 0.15) is 12.7 Å². The molecule has 0 radical (unpaired) electrons. The van der Waals surface area contributed by atoms with E-state index in [4.69, 9.17) is 25.8 Å². The van der Waals surface area contributed by atoms with E-state index in [2.05, 4.69) is 21.4 Å². The highest BCUT2D eigenvalue weighted by Gasteiger charge is 2.15. The van der Waals surface area contributed by atoms with Gasteiger partial charge >= 0.3 is 0 Å². The van der Waals surface area contributed by atoms with Gasteiger partial charge in [0.15, 0.2) is 16.7 Å². The van der Waals surface area contributed by atoms with Crippen LogP contribution >= 0.6 is 23.4 Å². The molecule has 2 aromatic heterocycles. The van der Waals surface area contributed by atoms with Crippen LogP contribution < -0.4 is 14.8 Å². The van der Waals surface area contributed by atoms with Crippen molar-refractivity contribution < 1.29 is 14.2 Å². The van der Waals surface area contributed by atoms with Gasteiger partial charge in [0.25, 0.3) is 0 Å². The summed E-state index contributed by atoms with van der Waals surface area (Å²) < 4.78 is 18.3. The zero-order valence-corrected chi connectivity index (χ0v) is 20.4. The second-order valence-electron chi connectivity index (χ2n) is 7.21. The van der Waals surface area contributed by atoms with Crippen LogP contribution in [0.5, 0.6) is 11.5 Å². The molecule has 4 aromatic rings. The van der Waals surface area contributed by atoms with Crippen LogP contribution in [0.15, 0.2) is 59.0 Å². The van der Waals surface area contributed by atoms with Crippen molar-refractivity contribution in [2.45, 2.75) is 10.1 Å². The minimum absolute atomic E-state index is 0.376. The molecule has 0 atom stereocenters. The molecule has 0 fully saturated rings. The highest BCUT2D eigenvalue weighted by Crippen LogP contribution is 2.39. The monoisotopic (exact) mass is 495 g/mol. The first-order chi connectivity index (χ1) is 16.5. The van der Waals surface area contributed by atoms with Gasteiger partial charge in [-0.15, -0.1) is 0 Å². The molecule has 34 heavy (non-hydrogen) atoms. The predicted octanol–water partition coefficient (Wildman–Crippen LogP) is 5.42. The van der Waals surface area contributed by atoms with E-state index >= 15 is 0 Å². The molecule has 2 heterocycles. The van der Waals surface area contributed by atoms with Crippen molar-refractivity contribution in [3.63, 3.8) is 0 Å². The smallest absolute Gasteiger partial charge is 0.172 e. The van der Waals surface area contributed by atoms with E-state index in [9.17, 15) is 5.26 Å². The maximum Gasteiger partial charge on any atom is 0.172 e. The van der Waals surface area contributed by atoms with E-state index in [1.54, 1.807) is 32.5 Å². The summed E-state index contributed by atoms with van der Waals surface area (Å²) in [5.74, 6) is 1.08. The number of ether oxygens (including phenoxy) is 3. The maximum atomic E-state index is 9.71. The Hall–Kier alpha value is -3.45. The third-order valence-corrected chi connectivity index (χ3v) is 6.57. The van der Waals surface area contributed by atoms with Crippen molar-refractivity contribution in [2.24, 2.45) is 7.05 Å². The quantitative estimate of drug-likeness (QED) is 0.307. The molecule has 174 valence electrons. The largest absolute Gasteiger partial charge is 0.493 e. The number of anilines is 2. The molecule has 10 heteroatoms. The lowest BCUT2D eigenvalue weighted by molar-refractivity contribution is 0.144. The molecule has 1 N–H and O–H groups in total. The SMILES string of the molecule is COCCOc1cc2ncc(C#N)c(Nc3ccc(Sc4nccn4C)c(Cl)c3)c2cc1OC. The van der Waals surface area contributed by atoms with Crippen LogP contribution in [0.2, 0.25) is 5.02 Å². The Morgan fingerprint density at radius 2 is 2.00 bits per heavy atom. The molecular weight excluding hydrogens is 474 g/mol. The Morgan fingerprint density at radius 1 is 1.15 bits per heavy atom. The Bertz CT molecular complexity index is 1370. The average molecular weight is 496 g/mol. The molecule has 0 saturated heterocycles. The minimum atomic E-state index is 0.376. The van der Waals surface area contributed by atoms with Gasteiger partial charge in [0.05, 0.1) is 35.5 Å². The van der Waals surface area contributed by atoms with Crippen molar-refractivity contribution in [1.82, 2.24) is 14.5 Å². The van der Waals surface area contributed by atoms with Gasteiger partial charge in [-0.25, -0.2) is 4.98 Å². The molecule has 0 amide bonds. The summed E-state index contributed by atoms with van der Waals surface area (Å²) in [6.45, 7) is 0.824. The number of fused-ring (bicyclic) bond motifs is 1. The number of hydrogen-bond acceptors (Lipinski definition) is 8. The van der Waals surface area contributed by atoms with Gasteiger partial charge in [0, 0.05) is 54.8 Å². The fraction of sp³-hybridized carbons (Fsp3) is 0.208. The van der Waals surface area contributed by atoms with Crippen LogP contribution in [0.1, 0.15) is 5.56 Å². The number of pyridine rings is 1. The van der Waals surface area contributed by atoms with E-state index in [1.165, 1.54) is 18.0 Å².